The molecule has 0 aromatic carbocycles. The van der Waals surface area contributed by atoms with Crippen molar-refractivity contribution in [2.24, 2.45) is 0 Å². The molecule has 0 bridgehead atoms. The van der Waals surface area contributed by atoms with Crippen molar-refractivity contribution in [2.75, 3.05) is 0 Å². The quantitative estimate of drug-likeness (QED) is 0.445. The highest BCUT2D eigenvalue weighted by atomic mass is 28.4. The standard InChI is InChI=1S/C16H32OSi/c1-12(2)18(13(3)4,14(5)6)17-15(7)16-10-8-9-11-16/h10,12-15H,8-9,11H2,1-7H3/t15-/m1/s1. The van der Waals surface area contributed by atoms with Gasteiger partial charge in [0.15, 0.2) is 0 Å². The van der Waals surface area contributed by atoms with Crippen molar-refractivity contribution in [3.8, 4) is 0 Å². The predicted octanol–water partition coefficient (Wildman–Crippen LogP) is 5.68. The van der Waals surface area contributed by atoms with Gasteiger partial charge in [-0.2, -0.15) is 0 Å². The van der Waals surface area contributed by atoms with Crippen LogP contribution in [0.2, 0.25) is 16.6 Å². The molecule has 0 fully saturated rings. The Labute approximate surface area is 115 Å². The molecule has 0 saturated heterocycles. The van der Waals surface area contributed by atoms with Crippen LogP contribution in [0, 0.1) is 0 Å². The van der Waals surface area contributed by atoms with Gasteiger partial charge in [0, 0.05) is 0 Å². The second kappa shape index (κ2) is 6.38. The molecule has 1 nitrogen and oxygen atoms in total. The Balaban J connectivity index is 2.90. The van der Waals surface area contributed by atoms with Gasteiger partial charge in [-0.15, -0.1) is 0 Å². The third-order valence-corrected chi connectivity index (χ3v) is 10.9. The van der Waals surface area contributed by atoms with E-state index in [0.29, 0.717) is 22.7 Å². The third-order valence-electron chi connectivity index (χ3n) is 4.69. The molecule has 0 radical (unpaired) electrons. The van der Waals surface area contributed by atoms with E-state index in [9.17, 15) is 0 Å². The van der Waals surface area contributed by atoms with E-state index < -0.39 is 8.32 Å². The zero-order valence-corrected chi connectivity index (χ0v) is 14.4. The van der Waals surface area contributed by atoms with Crippen LogP contribution < -0.4 is 0 Å². The molecule has 0 heterocycles. The highest BCUT2D eigenvalue weighted by Crippen LogP contribution is 2.44. The average molecular weight is 269 g/mol. The van der Waals surface area contributed by atoms with Gasteiger partial charge in [0.05, 0.1) is 6.10 Å². The van der Waals surface area contributed by atoms with Crippen molar-refractivity contribution in [1.29, 1.82) is 0 Å². The molecule has 0 aromatic heterocycles. The first-order valence-electron chi connectivity index (χ1n) is 7.69. The van der Waals surface area contributed by atoms with E-state index in [2.05, 4.69) is 54.5 Å². The van der Waals surface area contributed by atoms with Crippen molar-refractivity contribution in [3.63, 3.8) is 0 Å². The lowest BCUT2D eigenvalue weighted by molar-refractivity contribution is 0.220. The van der Waals surface area contributed by atoms with E-state index in [1.165, 1.54) is 19.3 Å². The maximum absolute atomic E-state index is 6.78. The van der Waals surface area contributed by atoms with Crippen LogP contribution in [0.15, 0.2) is 11.6 Å². The minimum Gasteiger partial charge on any atom is -0.410 e. The van der Waals surface area contributed by atoms with Crippen LogP contribution >= 0.6 is 0 Å². The number of hydrogen-bond acceptors (Lipinski definition) is 1. The van der Waals surface area contributed by atoms with Crippen LogP contribution in [0.25, 0.3) is 0 Å². The molecule has 1 aliphatic carbocycles. The minimum absolute atomic E-state index is 0.339. The molecular weight excluding hydrogens is 236 g/mol. The molecule has 1 rings (SSSR count). The van der Waals surface area contributed by atoms with Gasteiger partial charge in [-0.25, -0.2) is 0 Å². The largest absolute Gasteiger partial charge is 0.410 e. The molecule has 0 N–H and O–H groups in total. The van der Waals surface area contributed by atoms with E-state index in [1.807, 2.05) is 0 Å². The number of allylic oxidation sites excluding steroid dienone is 1. The maximum Gasteiger partial charge on any atom is 0.201 e. The van der Waals surface area contributed by atoms with E-state index in [4.69, 9.17) is 4.43 Å². The second-order valence-corrected chi connectivity index (χ2v) is 12.2. The van der Waals surface area contributed by atoms with Crippen molar-refractivity contribution in [3.05, 3.63) is 11.6 Å². The molecule has 2 heteroatoms. The average Bonchev–Trinajstić information content (AvgIpc) is 2.77. The molecule has 0 unspecified atom stereocenters. The van der Waals surface area contributed by atoms with Gasteiger partial charge < -0.3 is 4.43 Å². The van der Waals surface area contributed by atoms with E-state index in [0.717, 1.165) is 0 Å². The normalized spacial score (nSPS) is 18.9. The Bertz CT molecular complexity index is 270. The molecule has 0 aliphatic heterocycles. The fourth-order valence-corrected chi connectivity index (χ4v) is 9.44. The van der Waals surface area contributed by atoms with Gasteiger partial charge in [-0.1, -0.05) is 47.6 Å². The Hall–Kier alpha value is -0.0831. The van der Waals surface area contributed by atoms with Crippen molar-refractivity contribution in [2.45, 2.75) is 90.5 Å². The lowest BCUT2D eigenvalue weighted by atomic mass is 10.1. The van der Waals surface area contributed by atoms with Crippen LogP contribution in [0.3, 0.4) is 0 Å². The zero-order valence-electron chi connectivity index (χ0n) is 13.4. The van der Waals surface area contributed by atoms with E-state index in [-0.39, 0.29) is 0 Å². The van der Waals surface area contributed by atoms with Crippen molar-refractivity contribution in [1.82, 2.24) is 0 Å². The topological polar surface area (TPSA) is 9.23 Å². The number of rotatable bonds is 6. The maximum atomic E-state index is 6.78. The Kier molecular flexibility index (Phi) is 5.66. The molecule has 18 heavy (non-hydrogen) atoms. The Morgan fingerprint density at radius 2 is 1.44 bits per heavy atom. The first-order valence-corrected chi connectivity index (χ1v) is 9.83. The first kappa shape index (κ1) is 16.0. The van der Waals surface area contributed by atoms with Crippen molar-refractivity contribution >= 4 is 8.32 Å². The number of hydrogen-bond donors (Lipinski definition) is 0. The van der Waals surface area contributed by atoms with E-state index >= 15 is 0 Å². The monoisotopic (exact) mass is 268 g/mol. The molecule has 0 amide bonds. The van der Waals surface area contributed by atoms with Gasteiger partial charge in [-0.3, -0.25) is 0 Å². The van der Waals surface area contributed by atoms with E-state index in [1.54, 1.807) is 5.57 Å². The summed E-state index contributed by atoms with van der Waals surface area (Å²) < 4.78 is 6.78. The van der Waals surface area contributed by atoms with Gasteiger partial charge in [0.1, 0.15) is 0 Å². The highest BCUT2D eigenvalue weighted by molar-refractivity contribution is 6.77. The van der Waals surface area contributed by atoms with Gasteiger partial charge in [0.25, 0.3) is 0 Å². The molecular formula is C16H32OSi. The summed E-state index contributed by atoms with van der Waals surface area (Å²) in [7, 11) is -1.70. The molecule has 0 saturated carbocycles. The lowest BCUT2D eigenvalue weighted by Gasteiger charge is -2.44. The SMILES string of the molecule is CC(C)[Si](O[C@H](C)C1=CCCC1)(C(C)C)C(C)C. The fourth-order valence-electron chi connectivity index (χ4n) is 3.86. The third kappa shape index (κ3) is 3.08. The predicted molar refractivity (Wildman–Crippen MR) is 83.5 cm³/mol. The van der Waals surface area contributed by atoms with Crippen LogP contribution in [0.4, 0.5) is 0 Å². The van der Waals surface area contributed by atoms with Crippen LogP contribution in [0.5, 0.6) is 0 Å². The minimum atomic E-state index is -1.70. The summed E-state index contributed by atoms with van der Waals surface area (Å²) >= 11 is 0. The summed E-state index contributed by atoms with van der Waals surface area (Å²) in [6.07, 6.45) is 6.57. The fraction of sp³-hybridized carbons (Fsp3) is 0.875. The van der Waals surface area contributed by atoms with Crippen LogP contribution in [-0.2, 0) is 4.43 Å². The van der Waals surface area contributed by atoms with Gasteiger partial charge in [0.2, 0.25) is 8.32 Å². The summed E-state index contributed by atoms with van der Waals surface area (Å²) in [6, 6.07) is 0. The molecule has 0 spiro atoms. The molecule has 1 aliphatic rings. The molecule has 0 aromatic rings. The second-order valence-electron chi connectivity index (χ2n) is 6.75. The van der Waals surface area contributed by atoms with Gasteiger partial charge in [-0.05, 0) is 48.4 Å². The Morgan fingerprint density at radius 1 is 0.944 bits per heavy atom. The van der Waals surface area contributed by atoms with Crippen LogP contribution in [0.1, 0.15) is 67.7 Å². The van der Waals surface area contributed by atoms with Crippen LogP contribution in [-0.4, -0.2) is 14.4 Å². The lowest BCUT2D eigenvalue weighted by Crippen LogP contribution is -2.50. The summed E-state index contributed by atoms with van der Waals surface area (Å²) in [5.41, 5.74) is 3.60. The summed E-state index contributed by atoms with van der Waals surface area (Å²) in [5.74, 6) is 0. The smallest absolute Gasteiger partial charge is 0.201 e. The summed E-state index contributed by atoms with van der Waals surface area (Å²) in [6.45, 7) is 16.4. The Morgan fingerprint density at radius 3 is 1.78 bits per heavy atom. The van der Waals surface area contributed by atoms with Crippen molar-refractivity contribution < 1.29 is 4.43 Å². The first-order chi connectivity index (χ1) is 8.32. The summed E-state index contributed by atoms with van der Waals surface area (Å²) in [5, 5.41) is 0. The molecule has 106 valence electrons. The molecule has 1 atom stereocenters. The highest BCUT2D eigenvalue weighted by Gasteiger charge is 2.46. The van der Waals surface area contributed by atoms with Gasteiger partial charge >= 0.3 is 0 Å². The summed E-state index contributed by atoms with van der Waals surface area (Å²) in [4.78, 5) is 0. The zero-order chi connectivity index (χ0) is 13.9.